The number of methoxy groups -OCH3 is 2. The molecule has 0 atom stereocenters. The molecule has 0 aliphatic rings. The zero-order valence-electron chi connectivity index (χ0n) is 10.9. The molecule has 0 fully saturated rings. The Kier molecular flexibility index (Phi) is 3.20. The van der Waals surface area contributed by atoms with Crippen LogP contribution in [-0.2, 0) is 0 Å². The van der Waals surface area contributed by atoms with E-state index in [1.165, 1.54) is 0 Å². The average molecular weight is 291 g/mol. The summed E-state index contributed by atoms with van der Waals surface area (Å²) in [5.41, 5.74) is 2.19. The predicted molar refractivity (Wildman–Crippen MR) is 75.4 cm³/mol. The standard InChI is InChI=1S/C14H11ClN2O3/c1-18-11-5-9-10(6-12(11)19-2)16-14(15)17-13(9)8-3-4-20-7-8/h3-7H,1-2H3. The molecule has 0 bridgehead atoms. The van der Waals surface area contributed by atoms with Crippen LogP contribution in [-0.4, -0.2) is 24.2 Å². The molecule has 2 heterocycles. The summed E-state index contributed by atoms with van der Waals surface area (Å²) in [6, 6.07) is 5.41. The second kappa shape index (κ2) is 5.02. The largest absolute Gasteiger partial charge is 0.493 e. The monoisotopic (exact) mass is 290 g/mol. The lowest BCUT2D eigenvalue weighted by molar-refractivity contribution is 0.356. The number of halogens is 1. The highest BCUT2D eigenvalue weighted by molar-refractivity contribution is 6.28. The van der Waals surface area contributed by atoms with E-state index in [0.717, 1.165) is 10.9 Å². The van der Waals surface area contributed by atoms with E-state index >= 15 is 0 Å². The van der Waals surface area contributed by atoms with Crippen molar-refractivity contribution in [2.45, 2.75) is 0 Å². The summed E-state index contributed by atoms with van der Waals surface area (Å²) in [6.07, 6.45) is 3.19. The van der Waals surface area contributed by atoms with Crippen molar-refractivity contribution in [2.24, 2.45) is 0 Å². The molecule has 3 rings (SSSR count). The van der Waals surface area contributed by atoms with Crippen molar-refractivity contribution in [3.63, 3.8) is 0 Å². The molecule has 3 aromatic rings. The van der Waals surface area contributed by atoms with Gasteiger partial charge < -0.3 is 13.9 Å². The van der Waals surface area contributed by atoms with E-state index in [4.69, 9.17) is 25.5 Å². The van der Waals surface area contributed by atoms with Crippen molar-refractivity contribution in [2.75, 3.05) is 14.2 Å². The van der Waals surface area contributed by atoms with Gasteiger partial charge in [0.15, 0.2) is 11.5 Å². The van der Waals surface area contributed by atoms with Crippen LogP contribution in [0.5, 0.6) is 11.5 Å². The molecule has 0 aliphatic carbocycles. The van der Waals surface area contributed by atoms with Crippen LogP contribution in [0.15, 0.2) is 35.1 Å². The minimum atomic E-state index is 0.168. The van der Waals surface area contributed by atoms with Gasteiger partial charge in [0, 0.05) is 17.0 Å². The number of benzene rings is 1. The van der Waals surface area contributed by atoms with E-state index in [0.29, 0.717) is 22.7 Å². The Morgan fingerprint density at radius 2 is 1.85 bits per heavy atom. The maximum Gasteiger partial charge on any atom is 0.223 e. The van der Waals surface area contributed by atoms with Gasteiger partial charge in [-0.2, -0.15) is 0 Å². The second-order valence-corrected chi connectivity index (χ2v) is 4.42. The smallest absolute Gasteiger partial charge is 0.223 e. The summed E-state index contributed by atoms with van der Waals surface area (Å²) in [5.74, 6) is 1.20. The van der Waals surface area contributed by atoms with E-state index in [-0.39, 0.29) is 5.28 Å². The van der Waals surface area contributed by atoms with Crippen LogP contribution in [0.4, 0.5) is 0 Å². The molecular formula is C14H11ClN2O3. The molecule has 20 heavy (non-hydrogen) atoms. The predicted octanol–water partition coefficient (Wildman–Crippen LogP) is 3.56. The minimum absolute atomic E-state index is 0.168. The third-order valence-corrected chi connectivity index (χ3v) is 3.14. The summed E-state index contributed by atoms with van der Waals surface area (Å²) in [6.45, 7) is 0. The third-order valence-electron chi connectivity index (χ3n) is 2.97. The Morgan fingerprint density at radius 1 is 1.10 bits per heavy atom. The summed E-state index contributed by atoms with van der Waals surface area (Å²) in [7, 11) is 3.15. The number of ether oxygens (including phenoxy) is 2. The van der Waals surface area contributed by atoms with E-state index in [1.54, 1.807) is 32.8 Å². The average Bonchev–Trinajstić information content (AvgIpc) is 2.98. The molecule has 2 aromatic heterocycles. The van der Waals surface area contributed by atoms with Crippen molar-refractivity contribution < 1.29 is 13.9 Å². The first-order valence-electron chi connectivity index (χ1n) is 5.84. The van der Waals surface area contributed by atoms with Crippen molar-refractivity contribution in [3.8, 4) is 22.8 Å². The fourth-order valence-corrected chi connectivity index (χ4v) is 2.22. The van der Waals surface area contributed by atoms with Gasteiger partial charge in [0.1, 0.15) is 0 Å². The maximum absolute atomic E-state index is 5.99. The highest BCUT2D eigenvalue weighted by atomic mass is 35.5. The number of hydrogen-bond donors (Lipinski definition) is 0. The number of rotatable bonds is 3. The van der Waals surface area contributed by atoms with Crippen molar-refractivity contribution in [1.82, 2.24) is 9.97 Å². The molecule has 6 heteroatoms. The Balaban J connectivity index is 2.35. The van der Waals surface area contributed by atoms with Gasteiger partial charge in [0.2, 0.25) is 5.28 Å². The minimum Gasteiger partial charge on any atom is -0.493 e. The highest BCUT2D eigenvalue weighted by Crippen LogP contribution is 2.36. The summed E-state index contributed by atoms with van der Waals surface area (Å²) in [4.78, 5) is 8.49. The zero-order chi connectivity index (χ0) is 14.1. The molecular weight excluding hydrogens is 280 g/mol. The molecule has 1 aromatic carbocycles. The number of nitrogens with zero attached hydrogens (tertiary/aromatic N) is 2. The quantitative estimate of drug-likeness (QED) is 0.690. The van der Waals surface area contributed by atoms with Gasteiger partial charge in [0.05, 0.1) is 38.0 Å². The van der Waals surface area contributed by atoms with E-state index in [9.17, 15) is 0 Å². The highest BCUT2D eigenvalue weighted by Gasteiger charge is 2.14. The van der Waals surface area contributed by atoms with Gasteiger partial charge in [-0.15, -0.1) is 0 Å². The Labute approximate surface area is 120 Å². The molecule has 0 aliphatic heterocycles. The van der Waals surface area contributed by atoms with Gasteiger partial charge in [-0.3, -0.25) is 0 Å². The van der Waals surface area contributed by atoms with Crippen LogP contribution < -0.4 is 9.47 Å². The molecule has 0 radical (unpaired) electrons. The van der Waals surface area contributed by atoms with Gasteiger partial charge in [-0.25, -0.2) is 9.97 Å². The normalized spacial score (nSPS) is 10.8. The van der Waals surface area contributed by atoms with Gasteiger partial charge in [0.25, 0.3) is 0 Å². The van der Waals surface area contributed by atoms with E-state index in [1.807, 2.05) is 12.1 Å². The first-order valence-corrected chi connectivity index (χ1v) is 6.22. The van der Waals surface area contributed by atoms with Crippen molar-refractivity contribution >= 4 is 22.5 Å². The van der Waals surface area contributed by atoms with Gasteiger partial charge >= 0.3 is 0 Å². The van der Waals surface area contributed by atoms with Crippen molar-refractivity contribution in [1.29, 1.82) is 0 Å². The van der Waals surface area contributed by atoms with Gasteiger partial charge in [-0.1, -0.05) is 0 Å². The molecule has 0 N–H and O–H groups in total. The summed E-state index contributed by atoms with van der Waals surface area (Å²) >= 11 is 5.99. The van der Waals surface area contributed by atoms with Crippen LogP contribution in [0.3, 0.4) is 0 Å². The fraction of sp³-hybridized carbons (Fsp3) is 0.143. The lowest BCUT2D eigenvalue weighted by Gasteiger charge is -2.10. The maximum atomic E-state index is 5.99. The lowest BCUT2D eigenvalue weighted by Crippen LogP contribution is -1.95. The second-order valence-electron chi connectivity index (χ2n) is 4.08. The third kappa shape index (κ3) is 2.06. The van der Waals surface area contributed by atoms with Gasteiger partial charge in [-0.05, 0) is 23.7 Å². The first-order chi connectivity index (χ1) is 9.72. The summed E-state index contributed by atoms with van der Waals surface area (Å²) < 4.78 is 15.7. The zero-order valence-corrected chi connectivity index (χ0v) is 11.6. The van der Waals surface area contributed by atoms with Crippen LogP contribution >= 0.6 is 11.6 Å². The van der Waals surface area contributed by atoms with Crippen molar-refractivity contribution in [3.05, 3.63) is 36.0 Å². The Hall–Kier alpha value is -2.27. The molecule has 0 unspecified atom stereocenters. The summed E-state index contributed by atoms with van der Waals surface area (Å²) in [5, 5.41) is 0.981. The number of aromatic nitrogens is 2. The SMILES string of the molecule is COc1cc2nc(Cl)nc(-c3ccoc3)c2cc1OC. The van der Waals surface area contributed by atoms with E-state index < -0.39 is 0 Å². The molecule has 0 amide bonds. The Morgan fingerprint density at radius 3 is 2.50 bits per heavy atom. The topological polar surface area (TPSA) is 57.4 Å². The number of fused-ring (bicyclic) bond motifs is 1. The molecule has 0 spiro atoms. The van der Waals surface area contributed by atoms with Crippen LogP contribution in [0, 0.1) is 0 Å². The first kappa shape index (κ1) is 12.7. The molecule has 0 saturated heterocycles. The fourth-order valence-electron chi connectivity index (χ4n) is 2.05. The lowest BCUT2D eigenvalue weighted by atomic mass is 10.1. The van der Waals surface area contributed by atoms with Crippen LogP contribution in [0.2, 0.25) is 5.28 Å². The molecule has 0 saturated carbocycles. The number of hydrogen-bond acceptors (Lipinski definition) is 5. The molecule has 5 nitrogen and oxygen atoms in total. The Bertz CT molecular complexity index is 757. The number of furan rings is 1. The van der Waals surface area contributed by atoms with Crippen LogP contribution in [0.1, 0.15) is 0 Å². The van der Waals surface area contributed by atoms with Crippen LogP contribution in [0.25, 0.3) is 22.2 Å². The molecule has 102 valence electrons. The van der Waals surface area contributed by atoms with E-state index in [2.05, 4.69) is 9.97 Å².